The van der Waals surface area contributed by atoms with E-state index >= 15 is 0 Å². The molecule has 2 amide bonds. The van der Waals surface area contributed by atoms with E-state index in [0.29, 0.717) is 19.0 Å². The lowest BCUT2D eigenvalue weighted by molar-refractivity contribution is 0.117. The van der Waals surface area contributed by atoms with Crippen molar-refractivity contribution in [1.29, 1.82) is 4.78 Å². The van der Waals surface area contributed by atoms with Crippen molar-refractivity contribution in [1.82, 2.24) is 19.4 Å². The Hall–Kier alpha value is -2.59. The summed E-state index contributed by atoms with van der Waals surface area (Å²) in [5.74, 6) is 0.292. The first-order chi connectivity index (χ1) is 14.8. The van der Waals surface area contributed by atoms with Gasteiger partial charge >= 0.3 is 6.03 Å². The van der Waals surface area contributed by atoms with Crippen LogP contribution in [0.1, 0.15) is 35.1 Å². The molecule has 31 heavy (non-hydrogen) atoms. The van der Waals surface area contributed by atoms with E-state index in [4.69, 9.17) is 9.52 Å². The highest BCUT2D eigenvalue weighted by Gasteiger charge is 2.30. The predicted octanol–water partition coefficient (Wildman–Crippen LogP) is 2.33. The number of carbonyl (C=O) groups excluding carboxylic acids is 1. The average Bonchev–Trinajstić information content (AvgIpc) is 3.45. The zero-order valence-electron chi connectivity index (χ0n) is 17.9. The summed E-state index contributed by atoms with van der Waals surface area (Å²) in [5.41, 5.74) is 5.84. The number of amides is 2. The number of aromatic nitrogens is 2. The number of hydrogen-bond acceptors (Lipinski definition) is 6. The first-order valence-electron chi connectivity index (χ1n) is 10.7. The van der Waals surface area contributed by atoms with Gasteiger partial charge in [-0.3, -0.25) is 0 Å². The van der Waals surface area contributed by atoms with Crippen LogP contribution < -0.4 is 14.8 Å². The third kappa shape index (κ3) is 3.57. The van der Waals surface area contributed by atoms with Crippen molar-refractivity contribution in [2.45, 2.75) is 56.0 Å². The highest BCUT2D eigenvalue weighted by molar-refractivity contribution is 7.91. The topological polar surface area (TPSA) is 112 Å². The molecular weight excluding hydrogens is 416 g/mol. The zero-order chi connectivity index (χ0) is 21.8. The van der Waals surface area contributed by atoms with E-state index in [2.05, 4.69) is 21.2 Å². The predicted molar refractivity (Wildman–Crippen MR) is 117 cm³/mol. The molecule has 0 unspecified atom stereocenters. The van der Waals surface area contributed by atoms with Crippen molar-refractivity contribution in [3.05, 3.63) is 34.5 Å². The van der Waals surface area contributed by atoms with Crippen LogP contribution in [0.25, 0.3) is 0 Å². The lowest BCUT2D eigenvalue weighted by atomic mass is 9.99. The van der Waals surface area contributed by atoms with Crippen molar-refractivity contribution >= 4 is 21.6 Å². The van der Waals surface area contributed by atoms with Crippen LogP contribution in [-0.2, 0) is 42.1 Å². The molecule has 2 aromatic rings. The molecule has 0 fully saturated rings. The molecule has 9 nitrogen and oxygen atoms in total. The summed E-state index contributed by atoms with van der Waals surface area (Å²) in [6.45, 7) is 0.988. The minimum Gasteiger partial charge on any atom is -0.475 e. The molecule has 2 atom stereocenters. The van der Waals surface area contributed by atoms with Crippen LogP contribution in [0.3, 0.4) is 0 Å². The Bertz CT molecular complexity index is 1120. The van der Waals surface area contributed by atoms with Gasteiger partial charge in [0.25, 0.3) is 0 Å². The van der Waals surface area contributed by atoms with E-state index in [1.165, 1.54) is 28.5 Å². The van der Waals surface area contributed by atoms with Gasteiger partial charge in [0.2, 0.25) is 5.88 Å². The normalized spacial score (nSPS) is 21.1. The number of fused-ring (bicyclic) bond motifs is 3. The Morgan fingerprint density at radius 3 is 2.55 bits per heavy atom. The van der Waals surface area contributed by atoms with Crippen LogP contribution >= 0.6 is 0 Å². The van der Waals surface area contributed by atoms with Gasteiger partial charge in [-0.1, -0.05) is 6.07 Å². The summed E-state index contributed by atoms with van der Waals surface area (Å²) in [6.07, 6.45) is 7.46. The SMILES string of the molecule is CN(C)[C@@H]1COc2c([S@@](=N)(=O)NC(=O)Nc3c4c(cc5c3CCC5)CCC4)cnn2C1. The van der Waals surface area contributed by atoms with Crippen LogP contribution in [0.15, 0.2) is 17.2 Å². The van der Waals surface area contributed by atoms with Gasteiger partial charge in [0.15, 0.2) is 9.92 Å². The number of likely N-dealkylation sites (N-methyl/N-ethyl adjacent to an activating group) is 1. The minimum atomic E-state index is -3.63. The zero-order valence-corrected chi connectivity index (χ0v) is 18.7. The molecule has 1 aromatic heterocycles. The van der Waals surface area contributed by atoms with Gasteiger partial charge in [-0.25, -0.2) is 23.2 Å². The molecule has 166 valence electrons. The molecule has 1 aromatic carbocycles. The van der Waals surface area contributed by atoms with E-state index in [9.17, 15) is 9.00 Å². The number of rotatable bonds is 4. The summed E-state index contributed by atoms with van der Waals surface area (Å²) < 4.78 is 31.3. The molecular formula is C21H28N6O3S. The number of ether oxygens (including phenoxy) is 1. The molecule has 3 N–H and O–H groups in total. The summed E-state index contributed by atoms with van der Waals surface area (Å²) in [6, 6.07) is 1.80. The number of urea groups is 1. The second-order valence-corrected chi connectivity index (χ2v) is 10.5. The van der Waals surface area contributed by atoms with E-state index in [1.807, 2.05) is 19.0 Å². The van der Waals surface area contributed by atoms with Gasteiger partial charge in [0, 0.05) is 5.69 Å². The van der Waals surface area contributed by atoms with Gasteiger partial charge in [0.05, 0.1) is 18.8 Å². The van der Waals surface area contributed by atoms with Crippen LogP contribution in [0.2, 0.25) is 0 Å². The average molecular weight is 445 g/mol. The maximum Gasteiger partial charge on any atom is 0.331 e. The number of nitrogens with one attached hydrogen (secondary N) is 3. The lowest BCUT2D eigenvalue weighted by Gasteiger charge is -2.29. The molecule has 0 saturated carbocycles. The second-order valence-electron chi connectivity index (χ2n) is 8.77. The van der Waals surface area contributed by atoms with E-state index in [0.717, 1.165) is 44.2 Å². The number of anilines is 1. The second kappa shape index (κ2) is 7.52. The molecule has 0 radical (unpaired) electrons. The van der Waals surface area contributed by atoms with Crippen LogP contribution in [0, 0.1) is 4.78 Å². The summed E-state index contributed by atoms with van der Waals surface area (Å²) in [5, 5.41) is 7.17. The van der Waals surface area contributed by atoms with E-state index in [1.54, 1.807) is 4.68 Å². The fraction of sp³-hybridized carbons (Fsp3) is 0.524. The molecule has 1 aliphatic heterocycles. The first kappa shape index (κ1) is 20.3. The smallest absolute Gasteiger partial charge is 0.331 e. The van der Waals surface area contributed by atoms with Crippen molar-refractivity contribution in [2.75, 3.05) is 26.0 Å². The van der Waals surface area contributed by atoms with Crippen molar-refractivity contribution in [3.63, 3.8) is 0 Å². The lowest BCUT2D eigenvalue weighted by Crippen LogP contribution is -2.41. The largest absolute Gasteiger partial charge is 0.475 e. The summed E-state index contributed by atoms with van der Waals surface area (Å²) in [7, 11) is 0.289. The van der Waals surface area contributed by atoms with Gasteiger partial charge in [-0.05, 0) is 74.9 Å². The van der Waals surface area contributed by atoms with Crippen molar-refractivity contribution in [3.8, 4) is 5.88 Å². The van der Waals surface area contributed by atoms with Gasteiger partial charge in [0.1, 0.15) is 11.5 Å². The minimum absolute atomic E-state index is 0.100. The highest BCUT2D eigenvalue weighted by atomic mass is 32.2. The van der Waals surface area contributed by atoms with Crippen LogP contribution in [-0.4, -0.2) is 51.7 Å². The summed E-state index contributed by atoms with van der Waals surface area (Å²) in [4.78, 5) is 15.0. The fourth-order valence-corrected chi connectivity index (χ4v) is 5.89. The number of carbonyl (C=O) groups is 1. The molecule has 3 aliphatic rings. The van der Waals surface area contributed by atoms with Crippen LogP contribution in [0.4, 0.5) is 10.5 Å². The summed E-state index contributed by atoms with van der Waals surface area (Å²) >= 11 is 0. The Morgan fingerprint density at radius 2 is 1.90 bits per heavy atom. The molecule has 5 rings (SSSR count). The fourth-order valence-electron chi connectivity index (χ4n) is 4.86. The Kier molecular flexibility index (Phi) is 4.93. The Labute approximate surface area is 182 Å². The number of hydrogen-bond donors (Lipinski definition) is 3. The van der Waals surface area contributed by atoms with E-state index in [-0.39, 0.29) is 10.9 Å². The monoisotopic (exact) mass is 444 g/mol. The molecule has 10 heteroatoms. The molecule has 0 saturated heterocycles. The number of aryl methyl sites for hydroxylation is 2. The van der Waals surface area contributed by atoms with Gasteiger partial charge in [-0.15, -0.1) is 0 Å². The third-order valence-electron chi connectivity index (χ3n) is 6.54. The van der Waals surface area contributed by atoms with Crippen molar-refractivity contribution in [2.24, 2.45) is 0 Å². The molecule has 2 aliphatic carbocycles. The Morgan fingerprint density at radius 1 is 1.23 bits per heavy atom. The van der Waals surface area contributed by atoms with E-state index < -0.39 is 15.9 Å². The number of nitrogens with zero attached hydrogens (tertiary/aromatic N) is 3. The molecule has 2 heterocycles. The quantitative estimate of drug-likeness (QED) is 0.670. The maximum atomic E-state index is 13.2. The van der Waals surface area contributed by atoms with Crippen LogP contribution in [0.5, 0.6) is 5.88 Å². The maximum absolute atomic E-state index is 13.2. The molecule has 0 spiro atoms. The number of benzene rings is 1. The van der Waals surface area contributed by atoms with Gasteiger partial charge in [-0.2, -0.15) is 5.10 Å². The first-order valence-corrected chi connectivity index (χ1v) is 12.3. The highest BCUT2D eigenvalue weighted by Crippen LogP contribution is 2.38. The van der Waals surface area contributed by atoms with Gasteiger partial charge < -0.3 is 15.0 Å². The third-order valence-corrected chi connectivity index (χ3v) is 7.92. The van der Waals surface area contributed by atoms with Crippen molar-refractivity contribution < 1.29 is 13.7 Å². The standard InChI is InChI=1S/C21H28N6O3S/c1-26(2)15-11-27-20(30-12-15)18(10-23-27)31(22,29)25-21(28)24-19-16-7-3-5-13(16)9-14-6-4-8-17(14)19/h9-10,15H,3-8,11-12H2,1-2H3,(H3,22,24,25,28,29)/t15-,31-/m0/s1. The Balaban J connectivity index is 1.37. The molecule has 0 bridgehead atoms.